The first kappa shape index (κ1) is 6.18. The van der Waals surface area contributed by atoms with Gasteiger partial charge in [-0.15, -0.1) is 0 Å². The van der Waals surface area contributed by atoms with Crippen LogP contribution in [0.1, 0.15) is 20.8 Å². The van der Waals surface area contributed by atoms with Crippen LogP contribution in [0.15, 0.2) is 0 Å². The molecule has 3 heteroatoms. The van der Waals surface area contributed by atoms with Crippen molar-refractivity contribution in [3.8, 4) is 0 Å². The van der Waals surface area contributed by atoms with Crippen molar-refractivity contribution in [1.29, 1.82) is 0 Å². The normalized spacial score (nSPS) is 42.4. The van der Waals surface area contributed by atoms with Gasteiger partial charge in [-0.05, 0) is 20.8 Å². The third-order valence-corrected chi connectivity index (χ3v) is 3.04. The molecule has 1 aliphatic heterocycles. The van der Waals surface area contributed by atoms with E-state index < -0.39 is 0 Å². The van der Waals surface area contributed by atoms with Crippen LogP contribution >= 0.6 is 8.61 Å². The van der Waals surface area contributed by atoms with Gasteiger partial charge in [0, 0.05) is 11.6 Å². The molecule has 2 nitrogen and oxygen atoms in total. The molecule has 0 aromatic heterocycles. The van der Waals surface area contributed by atoms with Gasteiger partial charge in [0.2, 0.25) is 8.61 Å². The molecule has 0 radical (unpaired) electrons. The molecule has 0 spiro atoms. The first-order valence-electron chi connectivity index (χ1n) is 2.73. The molecule has 1 fully saturated rings. The van der Waals surface area contributed by atoms with Crippen molar-refractivity contribution in [2.45, 2.75) is 32.4 Å². The Balaban J connectivity index is 2.57. The van der Waals surface area contributed by atoms with E-state index in [2.05, 4.69) is 20.8 Å². The Kier molecular flexibility index (Phi) is 1.18. The maximum atomic E-state index is 10.2. The Morgan fingerprint density at radius 3 is 2.00 bits per heavy atom. The lowest BCUT2D eigenvalue weighted by molar-refractivity contribution is 0.556. The first-order valence-corrected chi connectivity index (χ1v) is 3.50. The molecule has 0 amide bonds. The van der Waals surface area contributed by atoms with Crippen LogP contribution in [-0.4, -0.2) is 16.3 Å². The molecular weight excluding hydrogens is 121 g/mol. The lowest BCUT2D eigenvalue weighted by Gasteiger charge is -1.92. The summed E-state index contributed by atoms with van der Waals surface area (Å²) in [5.74, 6) is 0. The summed E-state index contributed by atoms with van der Waals surface area (Å²) in [4.78, 5) is 0. The van der Waals surface area contributed by atoms with Gasteiger partial charge in [0.15, 0.2) is 0 Å². The molecule has 0 bridgehead atoms. The highest BCUT2D eigenvalue weighted by Crippen LogP contribution is 2.45. The highest BCUT2D eigenvalue weighted by atomic mass is 31.1. The van der Waals surface area contributed by atoms with Gasteiger partial charge in [-0.2, -0.15) is 0 Å². The van der Waals surface area contributed by atoms with Gasteiger partial charge in [0.25, 0.3) is 0 Å². The first-order chi connectivity index (χ1) is 3.60. The van der Waals surface area contributed by atoms with Crippen LogP contribution in [0.2, 0.25) is 0 Å². The van der Waals surface area contributed by atoms with Gasteiger partial charge < -0.3 is 0 Å². The lowest BCUT2D eigenvalue weighted by Crippen LogP contribution is -2.00. The molecular formula is C5H10NOP. The second-order valence-corrected chi connectivity index (χ2v) is 3.35. The molecule has 1 heterocycles. The van der Waals surface area contributed by atoms with Gasteiger partial charge in [-0.25, -0.2) is 4.67 Å². The molecule has 0 aromatic carbocycles. The lowest BCUT2D eigenvalue weighted by atomic mass is 10.2. The quantitative estimate of drug-likeness (QED) is 0.398. The van der Waals surface area contributed by atoms with E-state index in [1.165, 1.54) is 0 Å². The zero-order valence-electron chi connectivity index (χ0n) is 5.38. The predicted molar refractivity (Wildman–Crippen MR) is 33.0 cm³/mol. The second kappa shape index (κ2) is 1.52. The van der Waals surface area contributed by atoms with Crippen LogP contribution in [0.5, 0.6) is 0 Å². The fourth-order valence-electron chi connectivity index (χ4n) is 0.837. The summed E-state index contributed by atoms with van der Waals surface area (Å²) >= 11 is 0. The molecule has 0 N–H and O–H groups in total. The standard InChI is InChI=1S/C5H10NOP/c1-4-5(2,3)6(4)8-7/h4H,1-3H3. The third-order valence-electron chi connectivity index (χ3n) is 2.00. The van der Waals surface area contributed by atoms with Crippen LogP contribution in [0, 0.1) is 0 Å². The summed E-state index contributed by atoms with van der Waals surface area (Å²) in [6.07, 6.45) is 0. The third kappa shape index (κ3) is 0.602. The number of hydrogen-bond acceptors (Lipinski definition) is 1. The number of nitrogens with zero attached hydrogens (tertiary/aromatic N) is 1. The molecule has 2 unspecified atom stereocenters. The van der Waals surface area contributed by atoms with Crippen LogP contribution in [0.4, 0.5) is 0 Å². The van der Waals surface area contributed by atoms with E-state index in [9.17, 15) is 4.57 Å². The molecule has 0 aromatic rings. The van der Waals surface area contributed by atoms with Crippen molar-refractivity contribution in [2.24, 2.45) is 0 Å². The van der Waals surface area contributed by atoms with Crippen molar-refractivity contribution in [2.75, 3.05) is 0 Å². The van der Waals surface area contributed by atoms with Crippen molar-refractivity contribution in [3.63, 3.8) is 0 Å². The van der Waals surface area contributed by atoms with Gasteiger partial charge in [0.05, 0.1) is 0 Å². The molecule has 0 aliphatic carbocycles. The predicted octanol–water partition coefficient (Wildman–Crippen LogP) is 1.68. The van der Waals surface area contributed by atoms with E-state index in [1.54, 1.807) is 0 Å². The van der Waals surface area contributed by atoms with Crippen molar-refractivity contribution < 1.29 is 4.57 Å². The highest BCUT2D eigenvalue weighted by molar-refractivity contribution is 7.21. The van der Waals surface area contributed by atoms with Gasteiger partial charge >= 0.3 is 0 Å². The Morgan fingerprint density at radius 2 is 2.00 bits per heavy atom. The van der Waals surface area contributed by atoms with E-state index in [0.29, 0.717) is 6.04 Å². The SMILES string of the molecule is CC1N(P=O)C1(C)C. The summed E-state index contributed by atoms with van der Waals surface area (Å²) in [5.41, 5.74) is 0.184. The maximum absolute atomic E-state index is 10.2. The molecule has 2 atom stereocenters. The number of hydrogen-bond donors (Lipinski definition) is 0. The monoisotopic (exact) mass is 131 g/mol. The maximum Gasteiger partial charge on any atom is 0.249 e. The zero-order valence-corrected chi connectivity index (χ0v) is 6.27. The summed E-state index contributed by atoms with van der Waals surface area (Å²) in [5, 5.41) is 0. The minimum absolute atomic E-state index is 0.165. The van der Waals surface area contributed by atoms with Crippen LogP contribution in [0.3, 0.4) is 0 Å². The number of rotatable bonds is 1. The molecule has 1 rings (SSSR count). The summed E-state index contributed by atoms with van der Waals surface area (Å²) in [7, 11) is 0.165. The Morgan fingerprint density at radius 1 is 1.62 bits per heavy atom. The van der Waals surface area contributed by atoms with Gasteiger partial charge in [-0.3, -0.25) is 4.57 Å². The van der Waals surface area contributed by atoms with Crippen LogP contribution < -0.4 is 0 Å². The van der Waals surface area contributed by atoms with E-state index in [4.69, 9.17) is 0 Å². The Labute approximate surface area is 51.1 Å². The average molecular weight is 131 g/mol. The highest BCUT2D eigenvalue weighted by Gasteiger charge is 2.53. The minimum Gasteiger partial charge on any atom is -0.256 e. The van der Waals surface area contributed by atoms with E-state index >= 15 is 0 Å². The van der Waals surface area contributed by atoms with Crippen molar-refractivity contribution in [3.05, 3.63) is 0 Å². The molecule has 0 saturated carbocycles. The smallest absolute Gasteiger partial charge is 0.249 e. The van der Waals surface area contributed by atoms with Crippen LogP contribution in [-0.2, 0) is 4.57 Å². The topological polar surface area (TPSA) is 20.1 Å². The van der Waals surface area contributed by atoms with Gasteiger partial charge in [0.1, 0.15) is 0 Å². The molecule has 8 heavy (non-hydrogen) atoms. The van der Waals surface area contributed by atoms with Crippen molar-refractivity contribution in [1.82, 2.24) is 4.67 Å². The second-order valence-electron chi connectivity index (χ2n) is 2.76. The fraction of sp³-hybridized carbons (Fsp3) is 1.00. The average Bonchev–Trinajstić information content (AvgIpc) is 2.09. The van der Waals surface area contributed by atoms with Crippen molar-refractivity contribution >= 4 is 8.61 Å². The Hall–Kier alpha value is 0.0600. The molecule has 46 valence electrons. The van der Waals surface area contributed by atoms with E-state index in [-0.39, 0.29) is 14.1 Å². The molecule has 1 saturated heterocycles. The summed E-state index contributed by atoms with van der Waals surface area (Å²) < 4.78 is 12.1. The zero-order chi connectivity index (χ0) is 6.36. The molecule has 1 aliphatic rings. The fourth-order valence-corrected chi connectivity index (χ4v) is 1.59. The Bertz CT molecular complexity index is 124. The minimum atomic E-state index is 0.165. The van der Waals surface area contributed by atoms with E-state index in [1.807, 2.05) is 4.67 Å². The summed E-state index contributed by atoms with van der Waals surface area (Å²) in [6.45, 7) is 6.25. The largest absolute Gasteiger partial charge is 0.256 e. The van der Waals surface area contributed by atoms with Gasteiger partial charge in [-0.1, -0.05) is 0 Å². The van der Waals surface area contributed by atoms with E-state index in [0.717, 1.165) is 0 Å². The summed E-state index contributed by atoms with van der Waals surface area (Å²) in [6, 6.07) is 0.488. The van der Waals surface area contributed by atoms with Crippen LogP contribution in [0.25, 0.3) is 0 Å².